The molecule has 0 aliphatic rings. The number of methoxy groups -OCH3 is 1. The van der Waals surface area contributed by atoms with E-state index in [4.69, 9.17) is 10.5 Å². The smallest absolute Gasteiger partial charge is 0.312 e. The average molecular weight is 219 g/mol. The van der Waals surface area contributed by atoms with E-state index >= 15 is 0 Å². The lowest BCUT2D eigenvalue weighted by atomic mass is 9.86. The third-order valence-electron chi connectivity index (χ3n) is 2.35. The fourth-order valence-corrected chi connectivity index (χ4v) is 1.88. The van der Waals surface area contributed by atoms with E-state index in [2.05, 4.69) is 6.92 Å². The number of nitrogens with two attached hydrogens (primary N) is 1. The van der Waals surface area contributed by atoms with Crippen LogP contribution in [0.4, 0.5) is 0 Å². The molecule has 0 spiro atoms. The number of rotatable bonds is 7. The van der Waals surface area contributed by atoms with E-state index < -0.39 is 5.41 Å². The van der Waals surface area contributed by atoms with E-state index in [0.29, 0.717) is 6.54 Å². The number of carbonyl (C=O) groups is 1. The van der Waals surface area contributed by atoms with Crippen molar-refractivity contribution in [1.82, 2.24) is 0 Å². The summed E-state index contributed by atoms with van der Waals surface area (Å²) in [6.07, 6.45) is 1.82. The zero-order valence-corrected chi connectivity index (χ0v) is 10.2. The molecule has 0 saturated heterocycles. The molecule has 0 aromatic carbocycles. The molecule has 0 aliphatic heterocycles. The van der Waals surface area contributed by atoms with Crippen molar-refractivity contribution in [3.63, 3.8) is 0 Å². The van der Waals surface area contributed by atoms with Gasteiger partial charge in [-0.3, -0.25) is 4.79 Å². The summed E-state index contributed by atoms with van der Waals surface area (Å²) in [5, 5.41) is 0. The third kappa shape index (κ3) is 4.33. The SMILES string of the molecule is CCSCCCC(C)(CN)C(=O)OC. The Morgan fingerprint density at radius 3 is 2.64 bits per heavy atom. The Morgan fingerprint density at radius 1 is 1.57 bits per heavy atom. The fraction of sp³-hybridized carbons (Fsp3) is 0.900. The van der Waals surface area contributed by atoms with Crippen molar-refractivity contribution in [2.75, 3.05) is 25.2 Å². The van der Waals surface area contributed by atoms with Gasteiger partial charge >= 0.3 is 5.97 Å². The second-order valence-electron chi connectivity index (χ2n) is 3.56. The van der Waals surface area contributed by atoms with E-state index in [1.807, 2.05) is 18.7 Å². The number of thioether (sulfide) groups is 1. The van der Waals surface area contributed by atoms with Gasteiger partial charge in [0.2, 0.25) is 0 Å². The minimum Gasteiger partial charge on any atom is -0.469 e. The van der Waals surface area contributed by atoms with E-state index in [0.717, 1.165) is 24.3 Å². The van der Waals surface area contributed by atoms with Gasteiger partial charge in [-0.15, -0.1) is 0 Å². The molecule has 0 heterocycles. The zero-order valence-electron chi connectivity index (χ0n) is 9.34. The van der Waals surface area contributed by atoms with Crippen LogP contribution < -0.4 is 5.73 Å². The van der Waals surface area contributed by atoms with Crippen LogP contribution in [0.25, 0.3) is 0 Å². The first-order valence-corrected chi connectivity index (χ1v) is 6.12. The molecule has 0 amide bonds. The lowest BCUT2D eigenvalue weighted by molar-refractivity contribution is -0.151. The fourth-order valence-electron chi connectivity index (χ4n) is 1.24. The van der Waals surface area contributed by atoms with Crippen LogP contribution in [0.15, 0.2) is 0 Å². The van der Waals surface area contributed by atoms with Crippen LogP contribution in [-0.2, 0) is 9.53 Å². The van der Waals surface area contributed by atoms with Crippen molar-refractivity contribution >= 4 is 17.7 Å². The number of esters is 1. The monoisotopic (exact) mass is 219 g/mol. The average Bonchev–Trinajstić information content (AvgIpc) is 2.22. The molecule has 1 atom stereocenters. The Balaban J connectivity index is 3.93. The van der Waals surface area contributed by atoms with Crippen LogP contribution in [0, 0.1) is 5.41 Å². The maximum atomic E-state index is 11.4. The molecule has 0 bridgehead atoms. The van der Waals surface area contributed by atoms with E-state index in [1.165, 1.54) is 7.11 Å². The lowest BCUT2D eigenvalue weighted by Crippen LogP contribution is -2.36. The number of carbonyl (C=O) groups excluding carboxylic acids is 1. The molecular formula is C10H21NO2S. The first kappa shape index (κ1) is 13.8. The van der Waals surface area contributed by atoms with E-state index in [1.54, 1.807) is 0 Å². The maximum Gasteiger partial charge on any atom is 0.312 e. The predicted molar refractivity (Wildman–Crippen MR) is 61.4 cm³/mol. The quantitative estimate of drug-likeness (QED) is 0.522. The molecule has 0 aliphatic carbocycles. The van der Waals surface area contributed by atoms with Gasteiger partial charge in [0, 0.05) is 6.54 Å². The highest BCUT2D eigenvalue weighted by Gasteiger charge is 2.31. The Hall–Kier alpha value is -0.220. The summed E-state index contributed by atoms with van der Waals surface area (Å²) in [6.45, 7) is 4.36. The predicted octanol–water partition coefficient (Wildman–Crippen LogP) is 1.66. The molecule has 0 saturated carbocycles. The van der Waals surface area contributed by atoms with Gasteiger partial charge in [0.1, 0.15) is 0 Å². The summed E-state index contributed by atoms with van der Waals surface area (Å²) in [6, 6.07) is 0. The van der Waals surface area contributed by atoms with Crippen molar-refractivity contribution in [3.8, 4) is 0 Å². The normalized spacial score (nSPS) is 14.9. The largest absolute Gasteiger partial charge is 0.469 e. The molecule has 0 aromatic rings. The van der Waals surface area contributed by atoms with E-state index in [-0.39, 0.29) is 5.97 Å². The maximum absolute atomic E-state index is 11.4. The number of hydrogen-bond donors (Lipinski definition) is 1. The second kappa shape index (κ2) is 7.12. The minimum absolute atomic E-state index is 0.193. The van der Waals surface area contributed by atoms with Gasteiger partial charge in [-0.1, -0.05) is 6.92 Å². The van der Waals surface area contributed by atoms with Gasteiger partial charge in [-0.2, -0.15) is 11.8 Å². The zero-order chi connectivity index (χ0) is 11.0. The summed E-state index contributed by atoms with van der Waals surface area (Å²) >= 11 is 1.89. The molecule has 84 valence electrons. The van der Waals surface area contributed by atoms with Gasteiger partial charge in [0.15, 0.2) is 0 Å². The first-order chi connectivity index (χ1) is 6.60. The van der Waals surface area contributed by atoms with Crippen molar-refractivity contribution in [3.05, 3.63) is 0 Å². The molecule has 0 radical (unpaired) electrons. The third-order valence-corrected chi connectivity index (χ3v) is 3.34. The van der Waals surface area contributed by atoms with Crippen molar-refractivity contribution in [2.45, 2.75) is 26.7 Å². The highest BCUT2D eigenvalue weighted by Crippen LogP contribution is 2.24. The van der Waals surface area contributed by atoms with Crippen LogP contribution in [0.2, 0.25) is 0 Å². The molecule has 2 N–H and O–H groups in total. The standard InChI is InChI=1S/C10H21NO2S/c1-4-14-7-5-6-10(2,8-11)9(12)13-3/h4-8,11H2,1-3H3. The van der Waals surface area contributed by atoms with Gasteiger partial charge in [-0.25, -0.2) is 0 Å². The van der Waals surface area contributed by atoms with Crippen molar-refractivity contribution in [2.24, 2.45) is 11.1 Å². The van der Waals surface area contributed by atoms with Crippen LogP contribution >= 0.6 is 11.8 Å². The molecule has 3 nitrogen and oxygen atoms in total. The lowest BCUT2D eigenvalue weighted by Gasteiger charge is -2.24. The molecule has 0 fully saturated rings. The van der Waals surface area contributed by atoms with Gasteiger partial charge in [0.05, 0.1) is 12.5 Å². The topological polar surface area (TPSA) is 52.3 Å². The highest BCUT2D eigenvalue weighted by molar-refractivity contribution is 7.99. The van der Waals surface area contributed by atoms with Gasteiger partial charge in [-0.05, 0) is 31.3 Å². The Bertz CT molecular complexity index is 176. The van der Waals surface area contributed by atoms with Crippen LogP contribution in [0.1, 0.15) is 26.7 Å². The minimum atomic E-state index is -0.497. The molecule has 14 heavy (non-hydrogen) atoms. The molecule has 4 heteroatoms. The van der Waals surface area contributed by atoms with Crippen LogP contribution in [0.3, 0.4) is 0 Å². The number of ether oxygens (including phenoxy) is 1. The Kier molecular flexibility index (Phi) is 7.01. The Morgan fingerprint density at radius 2 is 2.21 bits per heavy atom. The summed E-state index contributed by atoms with van der Waals surface area (Å²) in [5.74, 6) is 2.02. The number of hydrogen-bond acceptors (Lipinski definition) is 4. The van der Waals surface area contributed by atoms with Gasteiger partial charge in [0.25, 0.3) is 0 Å². The van der Waals surface area contributed by atoms with Crippen molar-refractivity contribution in [1.29, 1.82) is 0 Å². The molecule has 0 rings (SSSR count). The second-order valence-corrected chi connectivity index (χ2v) is 4.95. The molecule has 1 unspecified atom stereocenters. The molecular weight excluding hydrogens is 198 g/mol. The van der Waals surface area contributed by atoms with E-state index in [9.17, 15) is 4.79 Å². The summed E-state index contributed by atoms with van der Waals surface area (Å²) < 4.78 is 4.74. The first-order valence-electron chi connectivity index (χ1n) is 4.97. The summed E-state index contributed by atoms with van der Waals surface area (Å²) in [4.78, 5) is 11.4. The molecule has 0 aromatic heterocycles. The summed E-state index contributed by atoms with van der Waals surface area (Å²) in [7, 11) is 1.41. The summed E-state index contributed by atoms with van der Waals surface area (Å²) in [5.41, 5.74) is 5.09. The van der Waals surface area contributed by atoms with Gasteiger partial charge < -0.3 is 10.5 Å². The van der Waals surface area contributed by atoms with Crippen molar-refractivity contribution < 1.29 is 9.53 Å². The van der Waals surface area contributed by atoms with Crippen LogP contribution in [-0.4, -0.2) is 31.1 Å². The van der Waals surface area contributed by atoms with Crippen LogP contribution in [0.5, 0.6) is 0 Å². The Labute approximate surface area is 90.8 Å². The highest BCUT2D eigenvalue weighted by atomic mass is 32.2.